The number of fused-ring (bicyclic) bond motifs is 4. The molecule has 3 heterocycles. The van der Waals surface area contributed by atoms with Gasteiger partial charge in [-0.15, -0.1) is 11.3 Å². The van der Waals surface area contributed by atoms with E-state index in [0.29, 0.717) is 0 Å². The van der Waals surface area contributed by atoms with Crippen LogP contribution in [0.15, 0.2) is 103 Å². The van der Waals surface area contributed by atoms with Crippen molar-refractivity contribution in [3.8, 4) is 10.7 Å². The lowest BCUT2D eigenvalue weighted by Crippen LogP contribution is -2.40. The molecule has 2 unspecified atom stereocenters. The lowest BCUT2D eigenvalue weighted by Gasteiger charge is -2.42. The number of benzene rings is 4. The topological polar surface area (TPSA) is 53.9 Å². The number of hydrogen-bond acceptors (Lipinski definition) is 6. The minimum atomic E-state index is -0.206. The molecule has 2 aromatic heterocycles. The predicted octanol–water partition coefficient (Wildman–Crippen LogP) is 7.05. The van der Waals surface area contributed by atoms with Gasteiger partial charge in [-0.2, -0.15) is 0 Å². The van der Waals surface area contributed by atoms with Crippen LogP contribution in [0.2, 0.25) is 0 Å². The van der Waals surface area contributed by atoms with Gasteiger partial charge in [-0.3, -0.25) is 4.90 Å². The van der Waals surface area contributed by atoms with Crippen molar-refractivity contribution in [3.63, 3.8) is 0 Å². The smallest absolute Gasteiger partial charge is 0.166 e. The Kier molecular flexibility index (Phi) is 5.01. The van der Waals surface area contributed by atoms with Crippen LogP contribution < -0.4 is 5.32 Å². The highest BCUT2D eigenvalue weighted by molar-refractivity contribution is 7.21. The first-order chi connectivity index (χ1) is 17.8. The Morgan fingerprint density at radius 1 is 0.806 bits per heavy atom. The maximum atomic E-state index is 5.03. The number of para-hydroxylation sites is 1. The third kappa shape index (κ3) is 3.46. The molecule has 0 radical (unpaired) electrons. The van der Waals surface area contributed by atoms with E-state index in [4.69, 9.17) is 15.0 Å². The maximum absolute atomic E-state index is 5.03. The molecule has 0 saturated heterocycles. The van der Waals surface area contributed by atoms with E-state index in [1.807, 2.05) is 30.5 Å². The fraction of sp³-hybridized carbons (Fsp3) is 0.100. The third-order valence-corrected chi connectivity index (χ3v) is 7.96. The molecule has 0 saturated carbocycles. The number of anilines is 1. The molecule has 4 aromatic carbocycles. The van der Waals surface area contributed by atoms with Gasteiger partial charge in [0.15, 0.2) is 5.82 Å². The maximum Gasteiger partial charge on any atom is 0.166 e. The van der Waals surface area contributed by atoms with E-state index < -0.39 is 0 Å². The van der Waals surface area contributed by atoms with Crippen LogP contribution in [0.1, 0.15) is 29.2 Å². The Labute approximate surface area is 213 Å². The summed E-state index contributed by atoms with van der Waals surface area (Å²) in [7, 11) is 2.14. The monoisotopic (exact) mass is 485 g/mol. The zero-order valence-electron chi connectivity index (χ0n) is 19.7. The predicted molar refractivity (Wildman–Crippen MR) is 147 cm³/mol. The van der Waals surface area contributed by atoms with Crippen LogP contribution in [0.25, 0.3) is 31.7 Å². The second-order valence-corrected chi connectivity index (χ2v) is 10.1. The van der Waals surface area contributed by atoms with Crippen molar-refractivity contribution in [2.45, 2.75) is 12.2 Å². The fourth-order valence-electron chi connectivity index (χ4n) is 5.19. The van der Waals surface area contributed by atoms with E-state index >= 15 is 0 Å². The summed E-state index contributed by atoms with van der Waals surface area (Å²) in [4.78, 5) is 16.9. The zero-order valence-corrected chi connectivity index (χ0v) is 20.5. The van der Waals surface area contributed by atoms with Gasteiger partial charge in [-0.25, -0.2) is 15.0 Å². The van der Waals surface area contributed by atoms with E-state index in [9.17, 15) is 0 Å². The molecule has 1 aliphatic heterocycles. The Hall–Kier alpha value is -4.13. The molecule has 0 fully saturated rings. The number of thiazole rings is 1. The molecule has 36 heavy (non-hydrogen) atoms. The molecule has 0 bridgehead atoms. The van der Waals surface area contributed by atoms with Crippen molar-refractivity contribution in [3.05, 3.63) is 120 Å². The zero-order chi connectivity index (χ0) is 24.1. The molecule has 6 aromatic rings. The Morgan fingerprint density at radius 3 is 2.50 bits per heavy atom. The van der Waals surface area contributed by atoms with Crippen molar-refractivity contribution < 1.29 is 0 Å². The van der Waals surface area contributed by atoms with Crippen LogP contribution in [0.4, 0.5) is 5.69 Å². The van der Waals surface area contributed by atoms with Crippen LogP contribution in [-0.4, -0.2) is 26.9 Å². The quantitative estimate of drug-likeness (QED) is 0.291. The van der Waals surface area contributed by atoms with Gasteiger partial charge in [0.05, 0.1) is 16.3 Å². The number of nitrogens with zero attached hydrogens (tertiary/aromatic N) is 4. The van der Waals surface area contributed by atoms with Crippen molar-refractivity contribution in [1.29, 1.82) is 0 Å². The number of rotatable bonds is 3. The number of hydrogen-bond donors (Lipinski definition) is 1. The highest BCUT2D eigenvalue weighted by Gasteiger charge is 2.35. The van der Waals surface area contributed by atoms with Gasteiger partial charge >= 0.3 is 0 Å². The number of aromatic nitrogens is 3. The van der Waals surface area contributed by atoms with Gasteiger partial charge in [0.1, 0.15) is 16.9 Å². The summed E-state index contributed by atoms with van der Waals surface area (Å²) in [5.74, 6) is 0.730. The highest BCUT2D eigenvalue weighted by atomic mass is 32.1. The second kappa shape index (κ2) is 8.52. The van der Waals surface area contributed by atoms with Gasteiger partial charge in [0.25, 0.3) is 0 Å². The van der Waals surface area contributed by atoms with Gasteiger partial charge in [0, 0.05) is 17.3 Å². The van der Waals surface area contributed by atoms with Gasteiger partial charge in [-0.1, -0.05) is 78.9 Å². The molecule has 174 valence electrons. The van der Waals surface area contributed by atoms with Crippen molar-refractivity contribution in [2.24, 2.45) is 0 Å². The summed E-state index contributed by atoms with van der Waals surface area (Å²) >= 11 is 1.66. The first-order valence-corrected chi connectivity index (χ1v) is 12.8. The second-order valence-electron chi connectivity index (χ2n) is 9.06. The summed E-state index contributed by atoms with van der Waals surface area (Å²) < 4.78 is 1.16. The molecule has 1 aliphatic rings. The number of nitrogens with one attached hydrogen (secondary N) is 1. The van der Waals surface area contributed by atoms with Crippen molar-refractivity contribution >= 4 is 38.0 Å². The van der Waals surface area contributed by atoms with E-state index in [2.05, 4.69) is 90.1 Å². The highest BCUT2D eigenvalue weighted by Crippen LogP contribution is 2.45. The molecule has 7 rings (SSSR count). The Bertz CT molecular complexity index is 1680. The largest absolute Gasteiger partial charge is 0.362 e. The molecule has 2 atom stereocenters. The molecule has 0 spiro atoms. The third-order valence-electron chi connectivity index (χ3n) is 6.90. The molecule has 6 heteroatoms. The SMILES string of the molecule is CN1C(c2nccc(-c3nc4ccccc4s3)n2)Nc2c(ccc3ccccc23)C1c1ccccc1. The first kappa shape index (κ1) is 21.2. The fourth-order valence-corrected chi connectivity index (χ4v) is 6.12. The molecule has 1 N–H and O–H groups in total. The van der Waals surface area contributed by atoms with E-state index in [1.165, 1.54) is 21.9 Å². The minimum Gasteiger partial charge on any atom is -0.362 e. The summed E-state index contributed by atoms with van der Waals surface area (Å²) in [6.45, 7) is 0. The van der Waals surface area contributed by atoms with Crippen LogP contribution in [0.5, 0.6) is 0 Å². The van der Waals surface area contributed by atoms with Crippen LogP contribution in [0, 0.1) is 0 Å². The van der Waals surface area contributed by atoms with E-state index in [-0.39, 0.29) is 12.2 Å². The molecule has 5 nitrogen and oxygen atoms in total. The van der Waals surface area contributed by atoms with Crippen molar-refractivity contribution in [2.75, 3.05) is 12.4 Å². The van der Waals surface area contributed by atoms with Crippen molar-refractivity contribution in [1.82, 2.24) is 19.9 Å². The molecular weight excluding hydrogens is 462 g/mol. The lowest BCUT2D eigenvalue weighted by atomic mass is 9.90. The van der Waals surface area contributed by atoms with Gasteiger partial charge in [-0.05, 0) is 41.8 Å². The normalized spacial score (nSPS) is 17.7. The van der Waals surface area contributed by atoms with Gasteiger partial charge < -0.3 is 5.32 Å². The average Bonchev–Trinajstić information content (AvgIpc) is 3.38. The summed E-state index contributed by atoms with van der Waals surface area (Å²) in [5, 5.41) is 7.12. The van der Waals surface area contributed by atoms with Crippen LogP contribution in [0.3, 0.4) is 0 Å². The van der Waals surface area contributed by atoms with Gasteiger partial charge in [0.2, 0.25) is 0 Å². The first-order valence-electron chi connectivity index (χ1n) is 12.0. The summed E-state index contributed by atoms with van der Waals surface area (Å²) in [5.41, 5.74) is 5.47. The average molecular weight is 486 g/mol. The minimum absolute atomic E-state index is 0.0618. The van der Waals surface area contributed by atoms with Crippen LogP contribution in [-0.2, 0) is 0 Å². The lowest BCUT2D eigenvalue weighted by molar-refractivity contribution is 0.202. The summed E-state index contributed by atoms with van der Waals surface area (Å²) in [6, 6.07) is 33.8. The van der Waals surface area contributed by atoms with E-state index in [0.717, 1.165) is 32.4 Å². The standard InChI is InChI=1S/C30H23N5S/c1-35-27(20-10-3-2-4-11-20)22-16-15-19-9-5-6-12-21(19)26(22)34-29(35)28-31-18-17-24(32-28)30-33-23-13-7-8-14-25(23)36-30/h2-18,27,29,34H,1H3. The molecule has 0 amide bonds. The Morgan fingerprint density at radius 2 is 1.61 bits per heavy atom. The van der Waals surface area contributed by atoms with Crippen LogP contribution >= 0.6 is 11.3 Å². The summed E-state index contributed by atoms with van der Waals surface area (Å²) in [6.07, 6.45) is 1.64. The van der Waals surface area contributed by atoms with E-state index in [1.54, 1.807) is 11.3 Å². The molecular formula is C30H23N5S. The molecule has 0 aliphatic carbocycles. The Balaban J connectivity index is 1.37.